The molecule has 0 radical (unpaired) electrons. The number of hydrogen-bond donors (Lipinski definition) is 1. The van der Waals surface area contributed by atoms with Crippen LogP contribution >= 0.6 is 15.9 Å². The molecule has 0 spiro atoms. The lowest BCUT2D eigenvalue weighted by molar-refractivity contribution is -0.141. The van der Waals surface area contributed by atoms with Crippen LogP contribution in [0.2, 0.25) is 0 Å². The number of methoxy groups -OCH3 is 1. The molecule has 0 atom stereocenters. The van der Waals surface area contributed by atoms with Gasteiger partial charge in [0, 0.05) is 10.7 Å². The number of halogens is 2. The summed E-state index contributed by atoms with van der Waals surface area (Å²) in [5, 5.41) is 6.47. The highest BCUT2D eigenvalue weighted by Gasteiger charge is 2.13. The van der Waals surface area contributed by atoms with Crippen LogP contribution in [-0.4, -0.2) is 28.8 Å². The molecule has 2 rings (SSSR count). The van der Waals surface area contributed by atoms with E-state index >= 15 is 0 Å². The number of carbonyl (C=O) groups is 2. The Morgan fingerprint density at radius 2 is 2.24 bits per heavy atom. The highest BCUT2D eigenvalue weighted by Crippen LogP contribution is 2.19. The molecule has 0 saturated carbocycles. The van der Waals surface area contributed by atoms with Gasteiger partial charge in [0.05, 0.1) is 24.6 Å². The van der Waals surface area contributed by atoms with E-state index in [9.17, 15) is 14.0 Å². The number of aromatic nitrogens is 2. The van der Waals surface area contributed by atoms with E-state index in [4.69, 9.17) is 0 Å². The molecular formula is C13H11BrFN3O3. The van der Waals surface area contributed by atoms with Crippen LogP contribution in [-0.2, 0) is 16.1 Å². The molecule has 1 aromatic carbocycles. The zero-order chi connectivity index (χ0) is 15.4. The van der Waals surface area contributed by atoms with Crippen LogP contribution in [0, 0.1) is 5.82 Å². The van der Waals surface area contributed by atoms with Crippen LogP contribution in [0.15, 0.2) is 35.1 Å². The molecule has 0 fully saturated rings. The molecular weight excluding hydrogens is 345 g/mol. The number of amides is 1. The van der Waals surface area contributed by atoms with E-state index in [1.54, 1.807) is 0 Å². The molecule has 0 unspecified atom stereocenters. The van der Waals surface area contributed by atoms with Crippen LogP contribution in [0.5, 0.6) is 0 Å². The lowest BCUT2D eigenvalue weighted by Gasteiger charge is -2.05. The summed E-state index contributed by atoms with van der Waals surface area (Å²) < 4.78 is 19.5. The number of nitrogens with one attached hydrogen (secondary N) is 1. The minimum absolute atomic E-state index is 0.0595. The second-order valence-electron chi connectivity index (χ2n) is 4.08. The summed E-state index contributed by atoms with van der Waals surface area (Å²) in [5.41, 5.74) is 0.552. The predicted octanol–water partition coefficient (Wildman–Crippen LogP) is 2.21. The van der Waals surface area contributed by atoms with E-state index in [0.29, 0.717) is 10.2 Å². The largest absolute Gasteiger partial charge is 0.468 e. The van der Waals surface area contributed by atoms with Gasteiger partial charge in [-0.05, 0) is 34.1 Å². The van der Waals surface area contributed by atoms with Crippen LogP contribution in [0.1, 0.15) is 10.4 Å². The highest BCUT2D eigenvalue weighted by atomic mass is 79.9. The summed E-state index contributed by atoms with van der Waals surface area (Å²) in [6, 6.07) is 3.82. The van der Waals surface area contributed by atoms with Crippen LogP contribution < -0.4 is 5.32 Å². The Bertz CT molecular complexity index is 687. The maximum Gasteiger partial charge on any atom is 0.327 e. The van der Waals surface area contributed by atoms with E-state index in [1.807, 2.05) is 0 Å². The fourth-order valence-corrected chi connectivity index (χ4v) is 2.01. The van der Waals surface area contributed by atoms with E-state index in [2.05, 4.69) is 31.1 Å². The quantitative estimate of drug-likeness (QED) is 0.853. The third kappa shape index (κ3) is 3.88. The van der Waals surface area contributed by atoms with E-state index < -0.39 is 17.7 Å². The standard InChI is InChI=1S/C13H11BrFN3O3/c1-21-12(19)7-18-6-9(5-16-18)17-13(20)10-4-8(15)2-3-11(10)14/h2-6H,7H2,1H3,(H,17,20). The highest BCUT2D eigenvalue weighted by molar-refractivity contribution is 9.10. The third-order valence-electron chi connectivity index (χ3n) is 2.58. The van der Waals surface area contributed by atoms with Crippen LogP contribution in [0.4, 0.5) is 10.1 Å². The summed E-state index contributed by atoms with van der Waals surface area (Å²) in [6.45, 7) is -0.0595. The van der Waals surface area contributed by atoms with Gasteiger partial charge in [-0.3, -0.25) is 14.3 Å². The number of rotatable bonds is 4. The first-order valence-electron chi connectivity index (χ1n) is 5.85. The molecule has 1 aromatic heterocycles. The maximum absolute atomic E-state index is 13.2. The number of nitrogens with zero attached hydrogens (tertiary/aromatic N) is 2. The number of anilines is 1. The molecule has 1 N–H and O–H groups in total. The summed E-state index contributed by atoms with van der Waals surface area (Å²) >= 11 is 3.18. The van der Waals surface area contributed by atoms with Gasteiger partial charge in [0.25, 0.3) is 5.91 Å². The molecule has 0 aliphatic carbocycles. The van der Waals surface area contributed by atoms with Crippen molar-refractivity contribution in [3.63, 3.8) is 0 Å². The Morgan fingerprint density at radius 1 is 1.48 bits per heavy atom. The first kappa shape index (κ1) is 15.2. The maximum atomic E-state index is 13.2. The summed E-state index contributed by atoms with van der Waals surface area (Å²) in [7, 11) is 1.27. The lowest BCUT2D eigenvalue weighted by Crippen LogP contribution is -2.13. The fraction of sp³-hybridized carbons (Fsp3) is 0.154. The van der Waals surface area contributed by atoms with Crippen molar-refractivity contribution in [2.45, 2.75) is 6.54 Å². The minimum atomic E-state index is -0.510. The normalized spacial score (nSPS) is 10.2. The third-order valence-corrected chi connectivity index (χ3v) is 3.27. The summed E-state index contributed by atoms with van der Waals surface area (Å²) in [5.74, 6) is -1.45. The van der Waals surface area contributed by atoms with Crippen LogP contribution in [0.3, 0.4) is 0 Å². The van der Waals surface area contributed by atoms with Gasteiger partial charge in [-0.1, -0.05) is 0 Å². The molecule has 0 aliphatic heterocycles. The lowest BCUT2D eigenvalue weighted by atomic mass is 10.2. The Morgan fingerprint density at radius 3 is 2.95 bits per heavy atom. The van der Waals surface area contributed by atoms with Gasteiger partial charge in [-0.15, -0.1) is 0 Å². The Labute approximate surface area is 128 Å². The van der Waals surface area contributed by atoms with Crippen molar-refractivity contribution in [2.75, 3.05) is 12.4 Å². The molecule has 0 bridgehead atoms. The van der Waals surface area contributed by atoms with Gasteiger partial charge < -0.3 is 10.1 Å². The molecule has 8 heteroatoms. The molecule has 0 saturated heterocycles. The van der Waals surface area contributed by atoms with Crippen LogP contribution in [0.25, 0.3) is 0 Å². The number of esters is 1. The Balaban J connectivity index is 2.09. The molecule has 1 amide bonds. The average Bonchev–Trinajstić information content (AvgIpc) is 2.88. The predicted molar refractivity (Wildman–Crippen MR) is 76.3 cm³/mol. The Kier molecular flexibility index (Phi) is 4.69. The zero-order valence-electron chi connectivity index (χ0n) is 11.0. The molecule has 0 aliphatic rings. The minimum Gasteiger partial charge on any atom is -0.468 e. The van der Waals surface area contributed by atoms with Gasteiger partial charge in [-0.25, -0.2) is 4.39 Å². The number of benzene rings is 1. The van der Waals surface area contributed by atoms with E-state index in [-0.39, 0.29) is 12.1 Å². The Hall–Kier alpha value is -2.22. The first-order valence-corrected chi connectivity index (χ1v) is 6.64. The van der Waals surface area contributed by atoms with E-state index in [0.717, 1.165) is 6.07 Å². The van der Waals surface area contributed by atoms with Crippen molar-refractivity contribution in [3.8, 4) is 0 Å². The number of carbonyl (C=O) groups excluding carboxylic acids is 2. The number of ether oxygens (including phenoxy) is 1. The van der Waals surface area contributed by atoms with Gasteiger partial charge in [-0.2, -0.15) is 5.10 Å². The first-order chi connectivity index (χ1) is 9.99. The van der Waals surface area contributed by atoms with Gasteiger partial charge >= 0.3 is 5.97 Å². The summed E-state index contributed by atoms with van der Waals surface area (Å²) in [4.78, 5) is 23.1. The second kappa shape index (κ2) is 6.49. The van der Waals surface area contributed by atoms with Gasteiger partial charge in [0.2, 0.25) is 0 Å². The molecule has 110 valence electrons. The molecule has 2 aromatic rings. The van der Waals surface area contributed by atoms with Crippen molar-refractivity contribution in [1.29, 1.82) is 0 Å². The topological polar surface area (TPSA) is 73.2 Å². The van der Waals surface area contributed by atoms with Crippen molar-refractivity contribution in [2.24, 2.45) is 0 Å². The SMILES string of the molecule is COC(=O)Cn1cc(NC(=O)c2cc(F)ccc2Br)cn1. The van der Waals surface area contributed by atoms with E-state index in [1.165, 1.54) is 36.3 Å². The smallest absolute Gasteiger partial charge is 0.327 e. The molecule has 21 heavy (non-hydrogen) atoms. The fourth-order valence-electron chi connectivity index (χ4n) is 1.58. The molecule has 6 nitrogen and oxygen atoms in total. The van der Waals surface area contributed by atoms with Gasteiger partial charge in [0.15, 0.2) is 0 Å². The average molecular weight is 356 g/mol. The van der Waals surface area contributed by atoms with Crippen molar-refractivity contribution in [1.82, 2.24) is 9.78 Å². The monoisotopic (exact) mass is 355 g/mol. The van der Waals surface area contributed by atoms with Crippen molar-refractivity contribution >= 4 is 33.5 Å². The molecule has 1 heterocycles. The number of hydrogen-bond acceptors (Lipinski definition) is 4. The van der Waals surface area contributed by atoms with Crippen molar-refractivity contribution in [3.05, 3.63) is 46.4 Å². The summed E-state index contributed by atoms with van der Waals surface area (Å²) in [6.07, 6.45) is 2.86. The van der Waals surface area contributed by atoms with Gasteiger partial charge in [0.1, 0.15) is 12.4 Å². The second-order valence-corrected chi connectivity index (χ2v) is 4.94. The zero-order valence-corrected chi connectivity index (χ0v) is 12.6. The van der Waals surface area contributed by atoms with Crippen molar-refractivity contribution < 1.29 is 18.7 Å².